The standard InChI is InChI=1S/C28H42N4O4S/c1-3-28(12-13-28)30-20-26(33)25(16-21-10-6-5-7-11-21)31-27(34)22-17-23(29-4-2)19-24(18-22)32-14-8-9-15-37(32,35)36/h5-7,10-11,17-19,25-26,29-30,33,35-36H,3-4,8-9,12-16,20H2,1-2H3,(H,31,34)/t25-,26-/m0/s1. The van der Waals surface area contributed by atoms with Gasteiger partial charge in [-0.3, -0.25) is 18.2 Å². The molecule has 0 spiro atoms. The highest BCUT2D eigenvalue weighted by Gasteiger charge is 2.40. The van der Waals surface area contributed by atoms with Crippen molar-refractivity contribution in [2.75, 3.05) is 35.0 Å². The Balaban J connectivity index is 1.56. The van der Waals surface area contributed by atoms with Gasteiger partial charge in [-0.2, -0.15) is 0 Å². The van der Waals surface area contributed by atoms with E-state index in [-0.39, 0.29) is 11.4 Å². The second kappa shape index (κ2) is 12.0. The molecular formula is C28H42N4O4S. The molecule has 0 radical (unpaired) electrons. The molecule has 1 saturated heterocycles. The van der Waals surface area contributed by atoms with Crippen LogP contribution in [0.5, 0.6) is 0 Å². The minimum Gasteiger partial charge on any atom is -0.390 e. The molecule has 9 heteroatoms. The Morgan fingerprint density at radius 3 is 2.51 bits per heavy atom. The maximum absolute atomic E-state index is 13.6. The number of amides is 1. The van der Waals surface area contributed by atoms with Crippen LogP contribution in [0.25, 0.3) is 0 Å². The zero-order chi connectivity index (χ0) is 26.5. The Hall–Kier alpha value is -2.30. The van der Waals surface area contributed by atoms with Crippen molar-refractivity contribution in [1.82, 2.24) is 10.6 Å². The van der Waals surface area contributed by atoms with Crippen LogP contribution in [0.1, 0.15) is 61.9 Å². The quantitative estimate of drug-likeness (QED) is 0.237. The predicted octanol–water partition coefficient (Wildman–Crippen LogP) is 4.62. The maximum Gasteiger partial charge on any atom is 0.251 e. The van der Waals surface area contributed by atoms with Crippen molar-refractivity contribution in [1.29, 1.82) is 0 Å². The lowest BCUT2D eigenvalue weighted by molar-refractivity contribution is 0.0822. The first-order valence-corrected chi connectivity index (χ1v) is 15.1. The van der Waals surface area contributed by atoms with Crippen LogP contribution >= 0.6 is 10.8 Å². The van der Waals surface area contributed by atoms with Crippen LogP contribution in [0.15, 0.2) is 48.5 Å². The van der Waals surface area contributed by atoms with Crippen molar-refractivity contribution in [3.05, 3.63) is 59.7 Å². The Kier molecular flexibility index (Phi) is 9.03. The third-order valence-electron chi connectivity index (χ3n) is 7.53. The number of anilines is 2. The number of aliphatic hydroxyl groups excluding tert-OH is 1. The number of nitrogens with one attached hydrogen (secondary N) is 3. The molecule has 6 N–H and O–H groups in total. The summed E-state index contributed by atoms with van der Waals surface area (Å²) in [7, 11) is -2.92. The number of carbonyl (C=O) groups excluding carboxylic acids is 1. The highest BCUT2D eigenvalue weighted by Crippen LogP contribution is 2.50. The lowest BCUT2D eigenvalue weighted by atomic mass is 9.99. The number of carbonyl (C=O) groups is 1. The first-order chi connectivity index (χ1) is 17.7. The first-order valence-electron chi connectivity index (χ1n) is 13.5. The van der Waals surface area contributed by atoms with E-state index in [1.54, 1.807) is 16.4 Å². The van der Waals surface area contributed by atoms with E-state index in [2.05, 4.69) is 22.9 Å². The van der Waals surface area contributed by atoms with Gasteiger partial charge in [-0.05, 0) is 69.2 Å². The topological polar surface area (TPSA) is 117 Å². The van der Waals surface area contributed by atoms with Gasteiger partial charge in [0, 0.05) is 36.4 Å². The number of hydrogen-bond donors (Lipinski definition) is 6. The molecule has 1 amide bonds. The Bertz CT molecular complexity index is 1050. The van der Waals surface area contributed by atoms with E-state index in [1.807, 2.05) is 43.3 Å². The molecule has 2 atom stereocenters. The molecule has 0 unspecified atom stereocenters. The lowest BCUT2D eigenvalue weighted by Crippen LogP contribution is -2.50. The van der Waals surface area contributed by atoms with Crippen LogP contribution < -0.4 is 20.3 Å². The Morgan fingerprint density at radius 1 is 1.11 bits per heavy atom. The number of rotatable bonds is 12. The zero-order valence-corrected chi connectivity index (χ0v) is 22.8. The molecule has 37 heavy (non-hydrogen) atoms. The van der Waals surface area contributed by atoms with Crippen molar-refractivity contribution in [2.24, 2.45) is 0 Å². The summed E-state index contributed by atoms with van der Waals surface area (Å²) in [5.74, 6) is 0.0310. The highest BCUT2D eigenvalue weighted by atomic mass is 32.3. The number of hydrogen-bond acceptors (Lipinski definition) is 7. The smallest absolute Gasteiger partial charge is 0.251 e. The van der Waals surface area contributed by atoms with Gasteiger partial charge in [0.2, 0.25) is 0 Å². The van der Waals surface area contributed by atoms with Gasteiger partial charge in [-0.25, -0.2) is 0 Å². The summed E-state index contributed by atoms with van der Waals surface area (Å²) in [4.78, 5) is 13.6. The third kappa shape index (κ3) is 7.18. The molecule has 2 fully saturated rings. The van der Waals surface area contributed by atoms with E-state index in [4.69, 9.17) is 0 Å². The van der Waals surface area contributed by atoms with Gasteiger partial charge >= 0.3 is 0 Å². The zero-order valence-electron chi connectivity index (χ0n) is 21.9. The Morgan fingerprint density at radius 2 is 1.86 bits per heavy atom. The summed E-state index contributed by atoms with van der Waals surface area (Å²) in [5.41, 5.74) is 2.93. The van der Waals surface area contributed by atoms with E-state index in [1.165, 1.54) is 0 Å². The second-order valence-corrected chi connectivity index (χ2v) is 12.4. The van der Waals surface area contributed by atoms with Gasteiger partial charge in [-0.15, -0.1) is 10.8 Å². The van der Waals surface area contributed by atoms with Crippen molar-refractivity contribution >= 4 is 28.1 Å². The van der Waals surface area contributed by atoms with Crippen molar-refractivity contribution in [3.8, 4) is 0 Å². The van der Waals surface area contributed by atoms with Crippen LogP contribution in [-0.4, -0.2) is 63.2 Å². The molecule has 2 aromatic rings. The summed E-state index contributed by atoms with van der Waals surface area (Å²) >= 11 is 0. The number of aliphatic hydroxyl groups is 1. The second-order valence-electron chi connectivity index (χ2n) is 10.3. The van der Waals surface area contributed by atoms with Crippen LogP contribution in [-0.2, 0) is 6.42 Å². The summed E-state index contributed by atoms with van der Waals surface area (Å²) in [6, 6.07) is 14.7. The van der Waals surface area contributed by atoms with Gasteiger partial charge < -0.3 is 21.1 Å². The minimum absolute atomic E-state index is 0.120. The van der Waals surface area contributed by atoms with Gasteiger partial charge in [0.25, 0.3) is 5.91 Å². The van der Waals surface area contributed by atoms with Crippen molar-refractivity contribution in [2.45, 2.75) is 70.1 Å². The summed E-state index contributed by atoms with van der Waals surface area (Å²) in [6.07, 6.45) is 4.61. The molecule has 1 heterocycles. The summed E-state index contributed by atoms with van der Waals surface area (Å²) in [5, 5.41) is 21.0. The molecule has 2 aliphatic rings. The number of β-amino-alcohol motifs (C(OH)–C–C–N with tert-alkyl or cyclic N) is 1. The molecule has 0 aromatic heterocycles. The van der Waals surface area contributed by atoms with Crippen LogP contribution in [0, 0.1) is 0 Å². The predicted molar refractivity (Wildman–Crippen MR) is 153 cm³/mol. The van der Waals surface area contributed by atoms with Crippen LogP contribution in [0.3, 0.4) is 0 Å². The van der Waals surface area contributed by atoms with E-state index < -0.39 is 22.9 Å². The minimum atomic E-state index is -2.92. The van der Waals surface area contributed by atoms with Gasteiger partial charge in [0.1, 0.15) is 0 Å². The number of nitrogens with zero attached hydrogens (tertiary/aromatic N) is 1. The third-order valence-corrected chi connectivity index (χ3v) is 9.46. The van der Waals surface area contributed by atoms with E-state index in [0.29, 0.717) is 43.1 Å². The average molecular weight is 531 g/mol. The summed E-state index contributed by atoms with van der Waals surface area (Å²) in [6.45, 7) is 5.73. The molecule has 4 rings (SSSR count). The van der Waals surface area contributed by atoms with Gasteiger partial charge in [0.05, 0.1) is 23.6 Å². The monoisotopic (exact) mass is 530 g/mol. The Labute approximate surface area is 222 Å². The fraction of sp³-hybridized carbons (Fsp3) is 0.536. The van der Waals surface area contributed by atoms with Crippen molar-refractivity contribution in [3.63, 3.8) is 0 Å². The molecule has 1 saturated carbocycles. The SMILES string of the molecule is CCNc1cc(C(=O)N[C@@H](Cc2ccccc2)[C@@H](O)CNC2(CC)CC2)cc(N2CCCCS2(O)O)c1. The first kappa shape index (κ1) is 27.7. The summed E-state index contributed by atoms with van der Waals surface area (Å²) < 4.78 is 23.0. The molecular weight excluding hydrogens is 488 g/mol. The molecule has 0 bridgehead atoms. The van der Waals surface area contributed by atoms with Gasteiger partial charge in [0.15, 0.2) is 0 Å². The average Bonchev–Trinajstić information content (AvgIpc) is 3.67. The van der Waals surface area contributed by atoms with E-state index >= 15 is 0 Å². The molecule has 1 aliphatic carbocycles. The van der Waals surface area contributed by atoms with E-state index in [9.17, 15) is 19.0 Å². The fourth-order valence-corrected chi connectivity index (χ4v) is 6.65. The molecule has 1 aliphatic heterocycles. The molecule has 8 nitrogen and oxygen atoms in total. The fourth-order valence-electron chi connectivity index (χ4n) is 4.97. The van der Waals surface area contributed by atoms with Crippen LogP contribution in [0.2, 0.25) is 0 Å². The van der Waals surface area contributed by atoms with E-state index in [0.717, 1.165) is 43.4 Å². The molecule has 204 valence electrons. The van der Waals surface area contributed by atoms with Gasteiger partial charge in [-0.1, -0.05) is 37.3 Å². The lowest BCUT2D eigenvalue weighted by Gasteiger charge is -2.47. The van der Waals surface area contributed by atoms with Crippen molar-refractivity contribution < 1.29 is 19.0 Å². The normalized spacial score (nSPS) is 20.5. The maximum atomic E-state index is 13.6. The van der Waals surface area contributed by atoms with Crippen LogP contribution in [0.4, 0.5) is 11.4 Å². The molecule has 2 aromatic carbocycles. The highest BCUT2D eigenvalue weighted by molar-refractivity contribution is 8.25. The number of benzene rings is 2. The largest absolute Gasteiger partial charge is 0.390 e.